The zero-order valence-electron chi connectivity index (χ0n) is 10.7. The molecule has 0 unspecified atom stereocenters. The summed E-state index contributed by atoms with van der Waals surface area (Å²) in [6.45, 7) is -0.0466. The van der Waals surface area contributed by atoms with E-state index in [1.54, 1.807) is 6.07 Å². The van der Waals surface area contributed by atoms with Gasteiger partial charge in [0.1, 0.15) is 6.04 Å². The molecule has 0 aromatic heterocycles. The van der Waals surface area contributed by atoms with E-state index in [1.807, 2.05) is 42.5 Å². The maximum Gasteiger partial charge on any atom is 0.244 e. The molecule has 0 bridgehead atoms. The molecule has 1 atom stereocenters. The number of halogens is 1. The van der Waals surface area contributed by atoms with E-state index in [0.29, 0.717) is 0 Å². The van der Waals surface area contributed by atoms with Crippen molar-refractivity contribution in [3.8, 4) is 0 Å². The van der Waals surface area contributed by atoms with Crippen LogP contribution in [0.15, 0.2) is 53.0 Å². The maximum atomic E-state index is 11.6. The minimum atomic E-state index is -0.614. The van der Waals surface area contributed by atoms with Gasteiger partial charge in [-0.05, 0) is 35.4 Å². The number of amides is 1. The van der Waals surface area contributed by atoms with Crippen molar-refractivity contribution in [1.29, 1.82) is 0 Å². The lowest BCUT2D eigenvalue weighted by molar-refractivity contribution is -0.118. The highest BCUT2D eigenvalue weighted by Gasteiger charge is 2.17. The Morgan fingerprint density at radius 2 is 1.95 bits per heavy atom. The Kier molecular flexibility index (Phi) is 4.76. The van der Waals surface area contributed by atoms with E-state index in [1.165, 1.54) is 0 Å². The Labute approximate surface area is 125 Å². The third-order valence-corrected chi connectivity index (χ3v) is 3.44. The predicted octanol–water partition coefficient (Wildman–Crippen LogP) is 2.58. The van der Waals surface area contributed by atoms with Gasteiger partial charge < -0.3 is 16.2 Å². The number of aliphatic hydroxyl groups is 1. The molecule has 2 rings (SSSR count). The number of rotatable bonds is 5. The molecule has 0 fully saturated rings. The van der Waals surface area contributed by atoms with Crippen LogP contribution in [-0.4, -0.2) is 11.0 Å². The highest BCUT2D eigenvalue weighted by molar-refractivity contribution is 9.10. The molecule has 4 nitrogen and oxygen atoms in total. The van der Waals surface area contributed by atoms with Crippen LogP contribution in [0.2, 0.25) is 0 Å². The van der Waals surface area contributed by atoms with Crippen molar-refractivity contribution in [3.05, 3.63) is 64.1 Å². The third-order valence-electron chi connectivity index (χ3n) is 2.91. The molecule has 0 radical (unpaired) electrons. The quantitative estimate of drug-likeness (QED) is 0.786. The first-order valence-corrected chi connectivity index (χ1v) is 6.90. The number of nitrogens with one attached hydrogen (secondary N) is 1. The van der Waals surface area contributed by atoms with Crippen LogP contribution in [0.25, 0.3) is 0 Å². The first kappa shape index (κ1) is 14.6. The zero-order valence-corrected chi connectivity index (χ0v) is 12.3. The Morgan fingerprint density at radius 3 is 2.55 bits per heavy atom. The number of carbonyl (C=O) groups is 1. The fourth-order valence-corrected chi connectivity index (χ4v) is 2.16. The van der Waals surface area contributed by atoms with Crippen LogP contribution in [-0.2, 0) is 11.4 Å². The van der Waals surface area contributed by atoms with Crippen LogP contribution in [0.4, 0.5) is 5.69 Å². The van der Waals surface area contributed by atoms with E-state index in [2.05, 4.69) is 21.2 Å². The minimum Gasteiger partial charge on any atom is -0.392 e. The van der Waals surface area contributed by atoms with Crippen LogP contribution in [0.1, 0.15) is 17.2 Å². The first-order valence-electron chi connectivity index (χ1n) is 6.11. The summed E-state index contributed by atoms with van der Waals surface area (Å²) in [5, 5.41) is 12.2. The molecular formula is C15H15BrN2O2. The maximum absolute atomic E-state index is 11.6. The number of anilines is 1. The van der Waals surface area contributed by atoms with Gasteiger partial charge >= 0.3 is 0 Å². The van der Waals surface area contributed by atoms with Gasteiger partial charge in [-0.1, -0.05) is 40.2 Å². The molecule has 0 aliphatic heterocycles. The normalized spacial score (nSPS) is 11.9. The summed E-state index contributed by atoms with van der Waals surface area (Å²) in [4.78, 5) is 11.6. The molecule has 0 saturated carbocycles. The summed E-state index contributed by atoms with van der Waals surface area (Å²) < 4.78 is 0.937. The van der Waals surface area contributed by atoms with E-state index in [4.69, 9.17) is 10.8 Å². The average molecular weight is 335 g/mol. The molecule has 0 saturated heterocycles. The van der Waals surface area contributed by atoms with Gasteiger partial charge in [-0.15, -0.1) is 0 Å². The van der Waals surface area contributed by atoms with Crippen molar-refractivity contribution < 1.29 is 9.90 Å². The van der Waals surface area contributed by atoms with E-state index >= 15 is 0 Å². The standard InChI is InChI=1S/C15H15BrN2O2/c16-12-6-4-11(5-7-12)14(15(17)20)18-13-3-1-2-10(8-13)9-19/h1-8,14,18-19H,9H2,(H2,17,20)/t14-/m1/s1. The van der Waals surface area contributed by atoms with Gasteiger partial charge in [0.05, 0.1) is 6.61 Å². The molecule has 2 aromatic rings. The summed E-state index contributed by atoms with van der Waals surface area (Å²) in [6, 6.07) is 14.0. The Bertz CT molecular complexity index is 599. The number of aliphatic hydroxyl groups excluding tert-OH is 1. The van der Waals surface area contributed by atoms with Crippen LogP contribution < -0.4 is 11.1 Å². The summed E-state index contributed by atoms with van der Waals surface area (Å²) in [5.74, 6) is -0.457. The molecule has 20 heavy (non-hydrogen) atoms. The summed E-state index contributed by atoms with van der Waals surface area (Å²) in [7, 11) is 0. The summed E-state index contributed by atoms with van der Waals surface area (Å²) in [6.07, 6.45) is 0. The Morgan fingerprint density at radius 1 is 1.25 bits per heavy atom. The van der Waals surface area contributed by atoms with Gasteiger partial charge in [-0.3, -0.25) is 4.79 Å². The lowest BCUT2D eigenvalue weighted by Gasteiger charge is -2.17. The van der Waals surface area contributed by atoms with E-state index < -0.39 is 11.9 Å². The van der Waals surface area contributed by atoms with Crippen LogP contribution in [0.3, 0.4) is 0 Å². The lowest BCUT2D eigenvalue weighted by Crippen LogP contribution is -2.27. The number of primary amides is 1. The van der Waals surface area contributed by atoms with Crippen molar-refractivity contribution in [2.24, 2.45) is 5.73 Å². The molecule has 0 spiro atoms. The SMILES string of the molecule is NC(=O)[C@H](Nc1cccc(CO)c1)c1ccc(Br)cc1. The average Bonchev–Trinajstić information content (AvgIpc) is 2.46. The minimum absolute atomic E-state index is 0.0466. The second-order valence-corrected chi connectivity index (χ2v) is 5.31. The van der Waals surface area contributed by atoms with Crippen LogP contribution in [0.5, 0.6) is 0 Å². The van der Waals surface area contributed by atoms with Gasteiger partial charge in [0.2, 0.25) is 5.91 Å². The molecule has 2 aromatic carbocycles. The lowest BCUT2D eigenvalue weighted by atomic mass is 10.1. The second kappa shape index (κ2) is 6.54. The van der Waals surface area contributed by atoms with Crippen molar-refractivity contribution in [2.75, 3.05) is 5.32 Å². The smallest absolute Gasteiger partial charge is 0.244 e. The van der Waals surface area contributed by atoms with Gasteiger partial charge in [0.15, 0.2) is 0 Å². The fourth-order valence-electron chi connectivity index (χ4n) is 1.90. The van der Waals surface area contributed by atoms with Gasteiger partial charge in [0.25, 0.3) is 0 Å². The van der Waals surface area contributed by atoms with E-state index in [-0.39, 0.29) is 6.61 Å². The molecular weight excluding hydrogens is 320 g/mol. The van der Waals surface area contributed by atoms with Gasteiger partial charge in [-0.2, -0.15) is 0 Å². The van der Waals surface area contributed by atoms with Crippen molar-refractivity contribution in [1.82, 2.24) is 0 Å². The number of hydrogen-bond acceptors (Lipinski definition) is 3. The largest absolute Gasteiger partial charge is 0.392 e. The second-order valence-electron chi connectivity index (χ2n) is 4.39. The van der Waals surface area contributed by atoms with Crippen LogP contribution in [0, 0.1) is 0 Å². The third kappa shape index (κ3) is 3.59. The summed E-state index contributed by atoms with van der Waals surface area (Å²) in [5.41, 5.74) is 7.76. The number of hydrogen-bond donors (Lipinski definition) is 3. The molecule has 0 aliphatic carbocycles. The highest BCUT2D eigenvalue weighted by Crippen LogP contribution is 2.22. The number of carbonyl (C=O) groups excluding carboxylic acids is 1. The monoisotopic (exact) mass is 334 g/mol. The van der Waals surface area contributed by atoms with Gasteiger partial charge in [-0.25, -0.2) is 0 Å². The summed E-state index contributed by atoms with van der Waals surface area (Å²) >= 11 is 3.35. The molecule has 5 heteroatoms. The molecule has 0 heterocycles. The van der Waals surface area contributed by atoms with Crippen LogP contribution >= 0.6 is 15.9 Å². The first-order chi connectivity index (χ1) is 9.60. The Hall–Kier alpha value is -1.85. The van der Waals surface area contributed by atoms with Crippen molar-refractivity contribution in [2.45, 2.75) is 12.6 Å². The molecule has 4 N–H and O–H groups in total. The van der Waals surface area contributed by atoms with Crippen molar-refractivity contribution in [3.63, 3.8) is 0 Å². The highest BCUT2D eigenvalue weighted by atomic mass is 79.9. The van der Waals surface area contributed by atoms with Gasteiger partial charge in [0, 0.05) is 10.2 Å². The van der Waals surface area contributed by atoms with E-state index in [9.17, 15) is 4.79 Å². The zero-order chi connectivity index (χ0) is 14.5. The number of benzene rings is 2. The topological polar surface area (TPSA) is 75.4 Å². The number of nitrogens with two attached hydrogens (primary N) is 1. The predicted molar refractivity (Wildman–Crippen MR) is 82.1 cm³/mol. The Balaban J connectivity index is 2.25. The molecule has 0 aliphatic rings. The van der Waals surface area contributed by atoms with E-state index in [0.717, 1.165) is 21.3 Å². The fraction of sp³-hybridized carbons (Fsp3) is 0.133. The molecule has 104 valence electrons. The molecule has 1 amide bonds. The van der Waals surface area contributed by atoms with Crippen molar-refractivity contribution >= 4 is 27.5 Å².